The fraction of sp³-hybridized carbons (Fsp3) is 0.211. The van der Waals surface area contributed by atoms with Crippen molar-refractivity contribution < 1.29 is 14.3 Å². The summed E-state index contributed by atoms with van der Waals surface area (Å²) in [5.41, 5.74) is 1.66. The van der Waals surface area contributed by atoms with Crippen LogP contribution < -0.4 is 9.47 Å². The molecule has 1 aliphatic heterocycles. The summed E-state index contributed by atoms with van der Waals surface area (Å²) < 4.78 is 11.2. The third-order valence-corrected chi connectivity index (χ3v) is 4.56. The van der Waals surface area contributed by atoms with Gasteiger partial charge < -0.3 is 9.47 Å². The number of carbonyl (C=O) groups is 1. The fourth-order valence-electron chi connectivity index (χ4n) is 2.45. The van der Waals surface area contributed by atoms with Crippen LogP contribution in [0.15, 0.2) is 52.3 Å². The van der Waals surface area contributed by atoms with E-state index in [0.717, 1.165) is 32.4 Å². The maximum absolute atomic E-state index is 12.5. The van der Waals surface area contributed by atoms with Crippen LogP contribution in [-0.2, 0) is 0 Å². The number of hydrogen-bond acceptors (Lipinski definition) is 4. The number of carbonyl (C=O) groups excluding carboxylic acids is 1. The van der Waals surface area contributed by atoms with E-state index in [0.29, 0.717) is 13.2 Å². The molecular weight excluding hydrogens is 308 g/mol. The Bertz CT molecular complexity index is 765. The molecule has 0 atom stereocenters. The molecule has 0 saturated carbocycles. The molecule has 4 heteroatoms. The molecule has 0 spiro atoms. The average Bonchev–Trinajstić information content (AvgIpc) is 2.87. The van der Waals surface area contributed by atoms with Crippen molar-refractivity contribution >= 4 is 23.6 Å². The van der Waals surface area contributed by atoms with Gasteiger partial charge in [0.2, 0.25) is 5.78 Å². The number of thioether (sulfide) groups is 1. The van der Waals surface area contributed by atoms with Crippen molar-refractivity contribution in [3.8, 4) is 11.5 Å². The van der Waals surface area contributed by atoms with Crippen LogP contribution in [0.3, 0.4) is 0 Å². The molecule has 0 radical (unpaired) electrons. The Labute approximate surface area is 140 Å². The molecule has 1 heterocycles. The van der Waals surface area contributed by atoms with Crippen LogP contribution in [0.25, 0.3) is 6.08 Å². The first-order chi connectivity index (χ1) is 11.2. The average molecular weight is 326 g/mol. The van der Waals surface area contributed by atoms with Crippen molar-refractivity contribution in [2.75, 3.05) is 13.2 Å². The number of allylic oxidation sites excluding steroid dienone is 1. The van der Waals surface area contributed by atoms with Gasteiger partial charge in [-0.3, -0.25) is 4.79 Å². The normalized spacial score (nSPS) is 14.9. The van der Waals surface area contributed by atoms with Gasteiger partial charge in [-0.25, -0.2) is 0 Å². The molecule has 0 bridgehead atoms. The number of hydrogen-bond donors (Lipinski definition) is 0. The molecule has 3 rings (SSSR count). The van der Waals surface area contributed by atoms with Gasteiger partial charge in [0, 0.05) is 22.1 Å². The lowest BCUT2D eigenvalue weighted by Gasteiger charge is -2.10. The summed E-state index contributed by atoms with van der Waals surface area (Å²) in [6, 6.07) is 13.4. The van der Waals surface area contributed by atoms with Crippen molar-refractivity contribution in [1.29, 1.82) is 0 Å². The van der Waals surface area contributed by atoms with Crippen molar-refractivity contribution in [1.82, 2.24) is 0 Å². The third kappa shape index (κ3) is 3.27. The van der Waals surface area contributed by atoms with Crippen LogP contribution in [0.1, 0.15) is 29.8 Å². The molecule has 2 aromatic rings. The summed E-state index contributed by atoms with van der Waals surface area (Å²) in [5, 5.41) is 0. The standard InChI is InChI=1S/C19H18O3S/c1-3-21-14-10-9-13(16(12-14)22-4-2)11-18-19(20)15-7-5-6-8-17(15)23-18/h5-12H,3-4H2,1-2H3/b18-11-. The maximum Gasteiger partial charge on any atom is 0.200 e. The summed E-state index contributed by atoms with van der Waals surface area (Å²) in [5.74, 6) is 1.57. The number of Topliss-reactive ketones (excluding diaryl/α,β-unsaturated/α-hetero) is 1. The summed E-state index contributed by atoms with van der Waals surface area (Å²) in [4.78, 5) is 14.2. The van der Waals surface area contributed by atoms with E-state index in [4.69, 9.17) is 9.47 Å². The van der Waals surface area contributed by atoms with E-state index in [1.165, 1.54) is 11.8 Å². The van der Waals surface area contributed by atoms with Crippen molar-refractivity contribution in [2.45, 2.75) is 18.7 Å². The molecular formula is C19H18O3S. The summed E-state index contributed by atoms with van der Waals surface area (Å²) in [6.07, 6.45) is 1.90. The monoisotopic (exact) mass is 326 g/mol. The zero-order valence-electron chi connectivity index (χ0n) is 13.2. The smallest absolute Gasteiger partial charge is 0.200 e. The lowest BCUT2D eigenvalue weighted by molar-refractivity contribution is 0.104. The van der Waals surface area contributed by atoms with E-state index in [-0.39, 0.29) is 5.78 Å². The van der Waals surface area contributed by atoms with Gasteiger partial charge in [-0.2, -0.15) is 0 Å². The molecule has 2 aromatic carbocycles. The molecule has 3 nitrogen and oxygen atoms in total. The minimum Gasteiger partial charge on any atom is -0.494 e. The molecule has 1 aliphatic rings. The fourth-order valence-corrected chi connectivity index (χ4v) is 3.49. The minimum absolute atomic E-state index is 0.0712. The Morgan fingerprint density at radius 3 is 2.57 bits per heavy atom. The van der Waals surface area contributed by atoms with Crippen LogP contribution >= 0.6 is 11.8 Å². The molecule has 0 fully saturated rings. The van der Waals surface area contributed by atoms with E-state index in [1.807, 2.05) is 62.4 Å². The van der Waals surface area contributed by atoms with E-state index in [2.05, 4.69) is 0 Å². The van der Waals surface area contributed by atoms with E-state index in [9.17, 15) is 4.79 Å². The number of benzene rings is 2. The first-order valence-electron chi connectivity index (χ1n) is 7.65. The second kappa shape index (κ2) is 6.92. The highest BCUT2D eigenvalue weighted by atomic mass is 32.2. The Kier molecular flexibility index (Phi) is 4.72. The van der Waals surface area contributed by atoms with Crippen LogP contribution in [0.5, 0.6) is 11.5 Å². The number of rotatable bonds is 5. The predicted molar refractivity (Wildman–Crippen MR) is 93.4 cm³/mol. The first-order valence-corrected chi connectivity index (χ1v) is 8.47. The van der Waals surface area contributed by atoms with Crippen LogP contribution in [0.4, 0.5) is 0 Å². The highest BCUT2D eigenvalue weighted by molar-refractivity contribution is 8.04. The highest BCUT2D eigenvalue weighted by Crippen LogP contribution is 2.41. The van der Waals surface area contributed by atoms with E-state index in [1.54, 1.807) is 0 Å². The zero-order valence-corrected chi connectivity index (χ0v) is 14.0. The molecule has 23 heavy (non-hydrogen) atoms. The Morgan fingerprint density at radius 1 is 1.04 bits per heavy atom. The minimum atomic E-state index is 0.0712. The Hall–Kier alpha value is -2.20. The quantitative estimate of drug-likeness (QED) is 0.738. The van der Waals surface area contributed by atoms with Gasteiger partial charge in [0.25, 0.3) is 0 Å². The highest BCUT2D eigenvalue weighted by Gasteiger charge is 2.25. The van der Waals surface area contributed by atoms with Gasteiger partial charge >= 0.3 is 0 Å². The third-order valence-electron chi connectivity index (χ3n) is 3.46. The second-order valence-corrected chi connectivity index (χ2v) is 6.09. The summed E-state index contributed by atoms with van der Waals surface area (Å²) in [7, 11) is 0. The molecule has 0 saturated heterocycles. The second-order valence-electron chi connectivity index (χ2n) is 5.00. The van der Waals surface area contributed by atoms with Gasteiger partial charge in [-0.05, 0) is 44.2 Å². The zero-order chi connectivity index (χ0) is 16.2. The van der Waals surface area contributed by atoms with Gasteiger partial charge in [0.15, 0.2) is 0 Å². The van der Waals surface area contributed by atoms with Gasteiger partial charge in [0.05, 0.1) is 18.1 Å². The lowest BCUT2D eigenvalue weighted by Crippen LogP contribution is -1.98. The van der Waals surface area contributed by atoms with Crippen LogP contribution in [0.2, 0.25) is 0 Å². The molecule has 0 aromatic heterocycles. The van der Waals surface area contributed by atoms with E-state index >= 15 is 0 Å². The predicted octanol–water partition coefficient (Wildman–Crippen LogP) is 4.81. The topological polar surface area (TPSA) is 35.5 Å². The largest absolute Gasteiger partial charge is 0.494 e. The number of ether oxygens (including phenoxy) is 2. The molecule has 118 valence electrons. The van der Waals surface area contributed by atoms with Gasteiger partial charge in [-0.1, -0.05) is 23.9 Å². The molecule has 0 amide bonds. The SMILES string of the molecule is CCOc1ccc(/C=C2\Sc3ccccc3C2=O)c(OCC)c1. The van der Waals surface area contributed by atoms with E-state index < -0.39 is 0 Å². The van der Waals surface area contributed by atoms with Crippen molar-refractivity contribution in [3.05, 3.63) is 58.5 Å². The number of ketones is 1. The maximum atomic E-state index is 12.5. The lowest BCUT2D eigenvalue weighted by atomic mass is 10.1. The molecule has 0 N–H and O–H groups in total. The summed E-state index contributed by atoms with van der Waals surface area (Å²) in [6.45, 7) is 5.06. The first kappa shape index (κ1) is 15.7. The Balaban J connectivity index is 1.95. The number of fused-ring (bicyclic) bond motifs is 1. The van der Waals surface area contributed by atoms with Crippen LogP contribution in [0, 0.1) is 0 Å². The molecule has 0 aliphatic carbocycles. The Morgan fingerprint density at radius 2 is 1.83 bits per heavy atom. The van der Waals surface area contributed by atoms with Gasteiger partial charge in [-0.15, -0.1) is 0 Å². The van der Waals surface area contributed by atoms with Crippen molar-refractivity contribution in [3.63, 3.8) is 0 Å². The molecule has 0 unspecified atom stereocenters. The van der Waals surface area contributed by atoms with Gasteiger partial charge in [0.1, 0.15) is 11.5 Å². The van der Waals surface area contributed by atoms with Crippen molar-refractivity contribution in [2.24, 2.45) is 0 Å². The summed E-state index contributed by atoms with van der Waals surface area (Å²) >= 11 is 1.51. The van der Waals surface area contributed by atoms with Crippen LogP contribution in [-0.4, -0.2) is 19.0 Å².